The molecule has 3 rings (SSSR count). The van der Waals surface area contributed by atoms with Gasteiger partial charge in [0.2, 0.25) is 5.91 Å². The molecule has 174 valence electrons. The Morgan fingerprint density at radius 1 is 1.15 bits per heavy atom. The Balaban J connectivity index is 1.68. The van der Waals surface area contributed by atoms with Gasteiger partial charge in [-0.15, -0.1) is 0 Å². The summed E-state index contributed by atoms with van der Waals surface area (Å²) in [4.78, 5) is 12.3. The third-order valence-corrected chi connectivity index (χ3v) is 5.30. The third-order valence-electron chi connectivity index (χ3n) is 5.02. The number of nitriles is 1. The number of nitrogens with zero attached hydrogens (tertiary/aromatic N) is 2. The lowest BCUT2D eigenvalue weighted by Crippen LogP contribution is -2.20. The molecule has 0 unspecified atom stereocenters. The van der Waals surface area contributed by atoms with Crippen molar-refractivity contribution in [1.29, 1.82) is 5.26 Å². The summed E-state index contributed by atoms with van der Waals surface area (Å²) in [7, 11) is 0. The first-order valence-corrected chi connectivity index (χ1v) is 11.2. The van der Waals surface area contributed by atoms with Crippen molar-refractivity contribution in [2.24, 2.45) is 5.10 Å². The van der Waals surface area contributed by atoms with E-state index in [2.05, 4.69) is 16.6 Å². The molecule has 0 aromatic heterocycles. The average molecular weight is 476 g/mol. The van der Waals surface area contributed by atoms with Gasteiger partial charge in [-0.2, -0.15) is 10.4 Å². The van der Waals surface area contributed by atoms with Gasteiger partial charge in [0.1, 0.15) is 6.61 Å². The molecule has 0 saturated carbocycles. The molecule has 1 N–H and O–H groups in total. The van der Waals surface area contributed by atoms with Gasteiger partial charge in [0.15, 0.2) is 11.5 Å². The van der Waals surface area contributed by atoms with Crippen LogP contribution in [-0.4, -0.2) is 18.7 Å². The summed E-state index contributed by atoms with van der Waals surface area (Å²) in [5, 5.41) is 13.5. The zero-order valence-corrected chi connectivity index (χ0v) is 20.1. The lowest BCUT2D eigenvalue weighted by molar-refractivity contribution is -0.120. The Hall–Kier alpha value is -3.82. The number of nitrogens with one attached hydrogen (secondary N) is 1. The highest BCUT2D eigenvalue weighted by atomic mass is 35.5. The second kappa shape index (κ2) is 11.9. The van der Waals surface area contributed by atoms with Crippen LogP contribution in [0.4, 0.5) is 0 Å². The van der Waals surface area contributed by atoms with Crippen molar-refractivity contribution in [2.45, 2.75) is 33.8 Å². The quantitative estimate of drug-likeness (QED) is 0.327. The Labute approximate surface area is 204 Å². The van der Waals surface area contributed by atoms with Gasteiger partial charge in [-0.05, 0) is 67.3 Å². The van der Waals surface area contributed by atoms with Crippen LogP contribution in [0.25, 0.3) is 0 Å². The van der Waals surface area contributed by atoms with E-state index in [1.807, 2.05) is 45.0 Å². The maximum absolute atomic E-state index is 12.3. The van der Waals surface area contributed by atoms with E-state index in [1.54, 1.807) is 30.3 Å². The number of aryl methyl sites for hydroxylation is 2. The standard InChI is InChI=1S/C27H26ClN3O3/c1-4-33-25-13-22(16-30-31-26(32)14-23-9-8-18(2)10-19(23)3)12-24(28)27(25)34-17-21-7-5-6-20(11-21)15-29/h5-13,16H,4,14,17H2,1-3H3,(H,31,32)/b30-16-. The van der Waals surface area contributed by atoms with E-state index in [4.69, 9.17) is 26.3 Å². The molecule has 3 aromatic carbocycles. The van der Waals surface area contributed by atoms with Gasteiger partial charge in [0, 0.05) is 0 Å². The molecule has 0 heterocycles. The molecule has 0 radical (unpaired) electrons. The van der Waals surface area contributed by atoms with Crippen LogP contribution < -0.4 is 14.9 Å². The zero-order valence-electron chi connectivity index (χ0n) is 19.4. The second-order valence-corrected chi connectivity index (χ2v) is 8.17. The summed E-state index contributed by atoms with van der Waals surface area (Å²) in [5.41, 5.74) is 7.80. The van der Waals surface area contributed by atoms with Crippen LogP contribution in [0.2, 0.25) is 5.02 Å². The molecule has 0 spiro atoms. The number of benzene rings is 3. The first-order valence-electron chi connectivity index (χ1n) is 10.9. The summed E-state index contributed by atoms with van der Waals surface area (Å²) in [6.45, 7) is 6.52. The number of carbonyl (C=O) groups is 1. The van der Waals surface area contributed by atoms with Crippen LogP contribution in [-0.2, 0) is 17.8 Å². The third kappa shape index (κ3) is 6.84. The molecule has 0 saturated heterocycles. The molecule has 3 aromatic rings. The molecule has 6 nitrogen and oxygen atoms in total. The minimum atomic E-state index is -0.209. The van der Waals surface area contributed by atoms with Crippen molar-refractivity contribution in [2.75, 3.05) is 6.61 Å². The SMILES string of the molecule is CCOc1cc(/C=N\NC(=O)Cc2ccc(C)cc2C)cc(Cl)c1OCc1cccc(C#N)c1. The molecule has 0 aliphatic carbocycles. The Kier molecular flexibility index (Phi) is 8.66. The van der Waals surface area contributed by atoms with E-state index in [1.165, 1.54) is 6.21 Å². The van der Waals surface area contributed by atoms with Crippen molar-refractivity contribution in [3.05, 3.63) is 93.0 Å². The highest BCUT2D eigenvalue weighted by Crippen LogP contribution is 2.37. The molecule has 0 fully saturated rings. The first-order chi connectivity index (χ1) is 16.4. The summed E-state index contributed by atoms with van der Waals surface area (Å²) in [6, 6.07) is 18.7. The van der Waals surface area contributed by atoms with Crippen molar-refractivity contribution < 1.29 is 14.3 Å². The van der Waals surface area contributed by atoms with E-state index >= 15 is 0 Å². The Bertz CT molecular complexity index is 1250. The van der Waals surface area contributed by atoms with Crippen LogP contribution in [0, 0.1) is 25.2 Å². The predicted molar refractivity (Wildman–Crippen MR) is 133 cm³/mol. The van der Waals surface area contributed by atoms with Gasteiger partial charge in [-0.3, -0.25) is 4.79 Å². The number of hydrogen-bond acceptors (Lipinski definition) is 5. The fourth-order valence-electron chi connectivity index (χ4n) is 3.39. The van der Waals surface area contributed by atoms with E-state index in [0.29, 0.717) is 34.3 Å². The fraction of sp³-hybridized carbons (Fsp3) is 0.222. The molecular formula is C27H26ClN3O3. The lowest BCUT2D eigenvalue weighted by atomic mass is 10.0. The number of ether oxygens (including phenoxy) is 2. The second-order valence-electron chi connectivity index (χ2n) is 7.76. The first kappa shape index (κ1) is 24.8. The largest absolute Gasteiger partial charge is 0.490 e. The van der Waals surface area contributed by atoms with Gasteiger partial charge in [-0.1, -0.05) is 47.5 Å². The number of amides is 1. The molecule has 0 bridgehead atoms. The number of rotatable bonds is 9. The minimum absolute atomic E-state index is 0.209. The van der Waals surface area contributed by atoms with Gasteiger partial charge in [0.25, 0.3) is 0 Å². The van der Waals surface area contributed by atoms with Crippen LogP contribution in [0.5, 0.6) is 11.5 Å². The summed E-state index contributed by atoms with van der Waals surface area (Å²) >= 11 is 6.47. The Morgan fingerprint density at radius 3 is 2.71 bits per heavy atom. The zero-order chi connectivity index (χ0) is 24.5. The van der Waals surface area contributed by atoms with Gasteiger partial charge < -0.3 is 9.47 Å². The number of carbonyl (C=O) groups excluding carboxylic acids is 1. The van der Waals surface area contributed by atoms with Crippen molar-refractivity contribution in [3.63, 3.8) is 0 Å². The number of hydrogen-bond donors (Lipinski definition) is 1. The van der Waals surface area contributed by atoms with Crippen molar-refractivity contribution in [3.8, 4) is 17.6 Å². The maximum Gasteiger partial charge on any atom is 0.244 e. The summed E-state index contributed by atoms with van der Waals surface area (Å²) < 4.78 is 11.6. The van der Waals surface area contributed by atoms with E-state index in [-0.39, 0.29) is 18.9 Å². The maximum atomic E-state index is 12.3. The van der Waals surface area contributed by atoms with Gasteiger partial charge in [0.05, 0.1) is 35.9 Å². The fourth-order valence-corrected chi connectivity index (χ4v) is 3.66. The predicted octanol–water partition coefficient (Wildman–Crippen LogP) is 5.50. The molecule has 0 atom stereocenters. The highest BCUT2D eigenvalue weighted by Gasteiger charge is 2.13. The van der Waals surface area contributed by atoms with Gasteiger partial charge in [-0.25, -0.2) is 5.43 Å². The summed E-state index contributed by atoms with van der Waals surface area (Å²) in [6.07, 6.45) is 1.75. The molecule has 34 heavy (non-hydrogen) atoms. The van der Waals surface area contributed by atoms with E-state index in [0.717, 1.165) is 22.3 Å². The molecule has 7 heteroatoms. The van der Waals surface area contributed by atoms with Crippen molar-refractivity contribution >= 4 is 23.7 Å². The van der Waals surface area contributed by atoms with Crippen LogP contribution >= 0.6 is 11.6 Å². The van der Waals surface area contributed by atoms with E-state index in [9.17, 15) is 4.79 Å². The molecule has 1 amide bonds. The number of hydrazone groups is 1. The molecule has 0 aliphatic rings. The molecule has 0 aliphatic heterocycles. The highest BCUT2D eigenvalue weighted by molar-refractivity contribution is 6.32. The summed E-state index contributed by atoms with van der Waals surface area (Å²) in [5.74, 6) is 0.662. The van der Waals surface area contributed by atoms with Crippen LogP contribution in [0.15, 0.2) is 59.7 Å². The van der Waals surface area contributed by atoms with E-state index < -0.39 is 0 Å². The Morgan fingerprint density at radius 2 is 1.97 bits per heavy atom. The lowest BCUT2D eigenvalue weighted by Gasteiger charge is -2.14. The van der Waals surface area contributed by atoms with Crippen LogP contribution in [0.3, 0.4) is 0 Å². The topological polar surface area (TPSA) is 83.7 Å². The smallest absolute Gasteiger partial charge is 0.244 e. The molecular weight excluding hydrogens is 450 g/mol. The van der Waals surface area contributed by atoms with Gasteiger partial charge >= 0.3 is 0 Å². The average Bonchev–Trinajstić information content (AvgIpc) is 2.81. The monoisotopic (exact) mass is 475 g/mol. The normalized spacial score (nSPS) is 10.7. The minimum Gasteiger partial charge on any atom is -0.490 e. The van der Waals surface area contributed by atoms with Crippen molar-refractivity contribution in [1.82, 2.24) is 5.43 Å². The number of halogens is 1. The van der Waals surface area contributed by atoms with Crippen LogP contribution in [0.1, 0.15) is 40.3 Å².